The Hall–Kier alpha value is -1.82. The average Bonchev–Trinajstić information content (AvgIpc) is 3.02. The molecular formula is C17H21NO4S. The molecule has 0 N–H and O–H groups in total. The normalized spacial score (nSPS) is 17.0. The van der Waals surface area contributed by atoms with Crippen LogP contribution < -0.4 is 0 Å². The number of hydrogen-bond acceptors (Lipinski definition) is 6. The fourth-order valence-electron chi connectivity index (χ4n) is 2.40. The van der Waals surface area contributed by atoms with Gasteiger partial charge in [0.25, 0.3) is 0 Å². The minimum atomic E-state index is -1.02. The van der Waals surface area contributed by atoms with Crippen LogP contribution >= 0.6 is 11.8 Å². The van der Waals surface area contributed by atoms with Crippen LogP contribution in [-0.2, 0) is 19.1 Å². The van der Waals surface area contributed by atoms with E-state index in [1.54, 1.807) is 13.8 Å². The second-order valence-corrected chi connectivity index (χ2v) is 6.10. The van der Waals surface area contributed by atoms with Gasteiger partial charge in [-0.05, 0) is 25.8 Å². The number of hydrogen-bond donors (Lipinski definition) is 0. The standard InChI is InChI=1S/C17H21NO4S/c1-3-21-16(19)14(17(20)22-4-2)23-15-13(10-11-18-15)12-8-6-5-7-9-12/h5-9,13-14H,3-4,10-11H2,1-2H3. The van der Waals surface area contributed by atoms with E-state index in [9.17, 15) is 9.59 Å². The topological polar surface area (TPSA) is 65.0 Å². The first-order chi connectivity index (χ1) is 11.2. The van der Waals surface area contributed by atoms with Crippen molar-refractivity contribution < 1.29 is 19.1 Å². The molecule has 0 aliphatic carbocycles. The number of benzene rings is 1. The van der Waals surface area contributed by atoms with E-state index >= 15 is 0 Å². The summed E-state index contributed by atoms with van der Waals surface area (Å²) in [6, 6.07) is 9.99. The van der Waals surface area contributed by atoms with E-state index < -0.39 is 17.2 Å². The fourth-order valence-corrected chi connectivity index (χ4v) is 3.55. The van der Waals surface area contributed by atoms with E-state index in [0.29, 0.717) is 6.54 Å². The zero-order valence-corrected chi connectivity index (χ0v) is 14.2. The van der Waals surface area contributed by atoms with Gasteiger partial charge in [0.1, 0.15) is 0 Å². The van der Waals surface area contributed by atoms with Gasteiger partial charge in [0, 0.05) is 12.5 Å². The molecule has 1 aromatic carbocycles. The van der Waals surface area contributed by atoms with Gasteiger partial charge in [-0.25, -0.2) is 0 Å². The number of aliphatic imine (C=N–C) groups is 1. The van der Waals surface area contributed by atoms with Gasteiger partial charge in [-0.1, -0.05) is 42.1 Å². The van der Waals surface area contributed by atoms with Gasteiger partial charge in [0.2, 0.25) is 5.25 Å². The SMILES string of the molecule is CCOC(=O)C(SC1=NCCC1c1ccccc1)C(=O)OCC. The third-order valence-electron chi connectivity index (χ3n) is 3.43. The Labute approximate surface area is 140 Å². The molecule has 0 aromatic heterocycles. The summed E-state index contributed by atoms with van der Waals surface area (Å²) in [4.78, 5) is 28.7. The number of rotatable bonds is 6. The van der Waals surface area contributed by atoms with Crippen molar-refractivity contribution >= 4 is 28.7 Å². The lowest BCUT2D eigenvalue weighted by Gasteiger charge is -2.17. The van der Waals surface area contributed by atoms with E-state index in [1.807, 2.05) is 30.3 Å². The Morgan fingerprint density at radius 1 is 1.17 bits per heavy atom. The first-order valence-corrected chi connectivity index (χ1v) is 8.64. The maximum Gasteiger partial charge on any atom is 0.331 e. The lowest BCUT2D eigenvalue weighted by molar-refractivity contribution is -0.152. The van der Waals surface area contributed by atoms with E-state index in [2.05, 4.69) is 4.99 Å². The molecule has 0 radical (unpaired) electrons. The molecule has 0 bridgehead atoms. The summed E-state index contributed by atoms with van der Waals surface area (Å²) in [5, 5.41) is -0.222. The third-order valence-corrected chi connectivity index (χ3v) is 4.70. The van der Waals surface area contributed by atoms with Crippen LogP contribution in [0.4, 0.5) is 0 Å². The zero-order chi connectivity index (χ0) is 16.7. The minimum Gasteiger partial charge on any atom is -0.465 e. The van der Waals surface area contributed by atoms with Gasteiger partial charge in [-0.15, -0.1) is 0 Å². The molecule has 124 valence electrons. The molecule has 0 fully saturated rings. The lowest BCUT2D eigenvalue weighted by Crippen LogP contribution is -2.32. The van der Waals surface area contributed by atoms with Crippen LogP contribution in [0.5, 0.6) is 0 Å². The molecule has 1 aliphatic rings. The molecule has 1 aliphatic heterocycles. The molecule has 0 amide bonds. The van der Waals surface area contributed by atoms with Crippen molar-refractivity contribution in [3.05, 3.63) is 35.9 Å². The van der Waals surface area contributed by atoms with Crippen molar-refractivity contribution in [3.63, 3.8) is 0 Å². The van der Waals surface area contributed by atoms with Crippen LogP contribution in [0.1, 0.15) is 31.7 Å². The van der Waals surface area contributed by atoms with Gasteiger partial charge in [-0.2, -0.15) is 0 Å². The largest absolute Gasteiger partial charge is 0.465 e. The molecule has 0 spiro atoms. The number of carbonyl (C=O) groups excluding carboxylic acids is 2. The Kier molecular flexibility index (Phi) is 6.65. The lowest BCUT2D eigenvalue weighted by atomic mass is 9.99. The molecule has 5 nitrogen and oxygen atoms in total. The van der Waals surface area contributed by atoms with Gasteiger partial charge in [0.05, 0.1) is 18.3 Å². The monoisotopic (exact) mass is 335 g/mol. The summed E-state index contributed by atoms with van der Waals surface area (Å²) in [6.45, 7) is 4.57. The predicted octanol–water partition coefficient (Wildman–Crippen LogP) is 2.80. The van der Waals surface area contributed by atoms with Crippen molar-refractivity contribution in [2.45, 2.75) is 31.4 Å². The Balaban J connectivity index is 2.14. The summed E-state index contributed by atoms with van der Waals surface area (Å²) < 4.78 is 10.0. The molecule has 1 unspecified atom stereocenters. The first kappa shape index (κ1) is 17.5. The molecule has 0 saturated carbocycles. The van der Waals surface area contributed by atoms with Crippen molar-refractivity contribution in [2.24, 2.45) is 4.99 Å². The van der Waals surface area contributed by atoms with Gasteiger partial charge in [0.15, 0.2) is 0 Å². The highest BCUT2D eigenvalue weighted by Gasteiger charge is 2.35. The number of carbonyl (C=O) groups is 2. The zero-order valence-electron chi connectivity index (χ0n) is 13.4. The number of thioether (sulfide) groups is 1. The fraction of sp³-hybridized carbons (Fsp3) is 0.471. The highest BCUT2D eigenvalue weighted by molar-refractivity contribution is 8.15. The van der Waals surface area contributed by atoms with E-state index in [1.165, 1.54) is 0 Å². The summed E-state index contributed by atoms with van der Waals surface area (Å²) in [5.74, 6) is -1.03. The predicted molar refractivity (Wildman–Crippen MR) is 90.7 cm³/mol. The summed E-state index contributed by atoms with van der Waals surface area (Å²) >= 11 is 1.15. The molecule has 23 heavy (non-hydrogen) atoms. The Bertz CT molecular complexity index is 555. The Morgan fingerprint density at radius 3 is 2.35 bits per heavy atom. The molecular weight excluding hydrogens is 314 g/mol. The second-order valence-electron chi connectivity index (χ2n) is 4.97. The average molecular weight is 335 g/mol. The highest BCUT2D eigenvalue weighted by atomic mass is 32.2. The van der Waals surface area contributed by atoms with Gasteiger partial charge in [-0.3, -0.25) is 14.6 Å². The third kappa shape index (κ3) is 4.58. The maximum atomic E-state index is 12.1. The van der Waals surface area contributed by atoms with Crippen molar-refractivity contribution in [1.29, 1.82) is 0 Å². The Morgan fingerprint density at radius 2 is 1.78 bits per heavy atom. The van der Waals surface area contributed by atoms with Crippen molar-refractivity contribution in [2.75, 3.05) is 19.8 Å². The molecule has 1 heterocycles. The summed E-state index contributed by atoms with van der Waals surface area (Å²) in [6.07, 6.45) is 0.880. The van der Waals surface area contributed by atoms with Crippen LogP contribution in [0.2, 0.25) is 0 Å². The van der Waals surface area contributed by atoms with Crippen LogP contribution in [0.25, 0.3) is 0 Å². The molecule has 2 rings (SSSR count). The number of esters is 2. The van der Waals surface area contributed by atoms with Crippen LogP contribution in [0.15, 0.2) is 35.3 Å². The van der Waals surface area contributed by atoms with E-state index in [-0.39, 0.29) is 19.1 Å². The number of ether oxygens (including phenoxy) is 2. The smallest absolute Gasteiger partial charge is 0.331 e. The summed E-state index contributed by atoms with van der Waals surface area (Å²) in [5.41, 5.74) is 1.14. The molecule has 1 aromatic rings. The van der Waals surface area contributed by atoms with Crippen LogP contribution in [-0.4, -0.2) is 42.0 Å². The molecule has 0 saturated heterocycles. The molecule has 6 heteroatoms. The van der Waals surface area contributed by atoms with Crippen LogP contribution in [0.3, 0.4) is 0 Å². The van der Waals surface area contributed by atoms with E-state index in [0.717, 1.165) is 28.8 Å². The maximum absolute atomic E-state index is 12.1. The summed E-state index contributed by atoms with van der Waals surface area (Å²) in [7, 11) is 0. The first-order valence-electron chi connectivity index (χ1n) is 7.76. The minimum absolute atomic E-state index is 0.118. The van der Waals surface area contributed by atoms with Crippen molar-refractivity contribution in [3.8, 4) is 0 Å². The van der Waals surface area contributed by atoms with Gasteiger partial charge < -0.3 is 9.47 Å². The van der Waals surface area contributed by atoms with Crippen LogP contribution in [0, 0.1) is 0 Å². The second kappa shape index (κ2) is 8.72. The highest BCUT2D eigenvalue weighted by Crippen LogP contribution is 2.34. The van der Waals surface area contributed by atoms with Gasteiger partial charge >= 0.3 is 11.9 Å². The number of nitrogens with zero attached hydrogens (tertiary/aromatic N) is 1. The van der Waals surface area contributed by atoms with E-state index in [4.69, 9.17) is 9.47 Å². The van der Waals surface area contributed by atoms with Crippen molar-refractivity contribution in [1.82, 2.24) is 0 Å². The molecule has 1 atom stereocenters. The quantitative estimate of drug-likeness (QED) is 0.591.